The van der Waals surface area contributed by atoms with Gasteiger partial charge in [-0.2, -0.15) is 5.10 Å². The molecule has 0 spiro atoms. The normalized spacial score (nSPS) is 17.2. The van der Waals surface area contributed by atoms with Crippen LogP contribution in [0.2, 0.25) is 0 Å². The monoisotopic (exact) mass is 437 g/mol. The van der Waals surface area contributed by atoms with Crippen LogP contribution in [0, 0.1) is 13.8 Å². The van der Waals surface area contributed by atoms with Gasteiger partial charge >= 0.3 is 0 Å². The quantitative estimate of drug-likeness (QED) is 0.509. The van der Waals surface area contributed by atoms with Gasteiger partial charge in [-0.3, -0.25) is 14.6 Å². The highest BCUT2D eigenvalue weighted by Crippen LogP contribution is 2.40. The average molecular weight is 438 g/mol. The van der Waals surface area contributed by atoms with Gasteiger partial charge in [0.25, 0.3) is 5.91 Å². The third kappa shape index (κ3) is 3.78. The van der Waals surface area contributed by atoms with Crippen LogP contribution >= 0.6 is 0 Å². The summed E-state index contributed by atoms with van der Waals surface area (Å²) in [6.45, 7) is 3.84. The van der Waals surface area contributed by atoms with E-state index in [4.69, 9.17) is 5.10 Å². The van der Waals surface area contributed by atoms with Crippen molar-refractivity contribution in [3.05, 3.63) is 107 Å². The predicted octanol–water partition coefficient (Wildman–Crippen LogP) is 3.77. The number of benzene rings is 2. The lowest BCUT2D eigenvalue weighted by Gasteiger charge is -2.32. The lowest BCUT2D eigenvalue weighted by atomic mass is 9.82. The molecule has 0 saturated carbocycles. The summed E-state index contributed by atoms with van der Waals surface area (Å²) < 4.78 is 1.74. The first-order valence-corrected chi connectivity index (χ1v) is 10.8. The van der Waals surface area contributed by atoms with E-state index in [0.29, 0.717) is 11.4 Å². The highest BCUT2D eigenvalue weighted by atomic mass is 16.2. The van der Waals surface area contributed by atoms with Crippen molar-refractivity contribution >= 4 is 17.6 Å². The molecular weight excluding hydrogens is 414 g/mol. The molecule has 0 unspecified atom stereocenters. The zero-order chi connectivity index (χ0) is 22.9. The minimum atomic E-state index is -0.818. The van der Waals surface area contributed by atoms with Crippen LogP contribution in [0.1, 0.15) is 38.7 Å². The van der Waals surface area contributed by atoms with Crippen molar-refractivity contribution in [3.8, 4) is 5.69 Å². The number of nitrogens with zero attached hydrogens (tertiary/aromatic N) is 3. The van der Waals surface area contributed by atoms with E-state index in [2.05, 4.69) is 15.6 Å². The Balaban J connectivity index is 1.61. The second-order valence-corrected chi connectivity index (χ2v) is 8.17. The Bertz CT molecular complexity index is 1330. The number of nitrogens with one attached hydrogen (secondary N) is 2. The number of amides is 2. The Morgan fingerprint density at radius 2 is 1.85 bits per heavy atom. The van der Waals surface area contributed by atoms with Crippen LogP contribution in [0.3, 0.4) is 0 Å². The van der Waals surface area contributed by atoms with E-state index in [1.54, 1.807) is 29.2 Å². The Morgan fingerprint density at radius 1 is 1.03 bits per heavy atom. The smallest absolute Gasteiger partial charge is 0.251 e. The lowest BCUT2D eigenvalue weighted by Crippen LogP contribution is -2.50. The van der Waals surface area contributed by atoms with Crippen LogP contribution in [-0.4, -0.2) is 32.6 Å². The SMILES string of the molecule is Cc1cccc(C(=O)N[C@@H]2C(=O)Nc3c(c(C)nn3-c3ccccc3)[C@H]2c2cccnc2)c1. The third-order valence-corrected chi connectivity index (χ3v) is 5.89. The molecule has 1 aliphatic heterocycles. The van der Waals surface area contributed by atoms with Crippen LogP contribution < -0.4 is 10.6 Å². The first-order chi connectivity index (χ1) is 16.0. The summed E-state index contributed by atoms with van der Waals surface area (Å²) in [4.78, 5) is 30.7. The Morgan fingerprint density at radius 3 is 2.58 bits per heavy atom. The minimum Gasteiger partial charge on any atom is -0.339 e. The highest BCUT2D eigenvalue weighted by Gasteiger charge is 2.42. The standard InChI is InChI=1S/C26H23N5O2/c1-16-8-6-9-18(14-16)25(32)28-23-22(19-10-7-13-27-15-19)21-17(2)30-31(24(21)29-26(23)33)20-11-4-3-5-12-20/h3-15,22-23H,1-2H3,(H,28,32)(H,29,33)/t22-,23+/m1/s1. The molecule has 2 aromatic heterocycles. The number of aromatic nitrogens is 3. The number of anilines is 1. The molecule has 2 atom stereocenters. The van der Waals surface area contributed by atoms with Crippen molar-refractivity contribution < 1.29 is 9.59 Å². The van der Waals surface area contributed by atoms with E-state index in [-0.39, 0.29) is 11.8 Å². The molecule has 1 aliphatic rings. The minimum absolute atomic E-state index is 0.297. The van der Waals surface area contributed by atoms with Crippen LogP contribution in [0.25, 0.3) is 5.69 Å². The molecule has 0 fully saturated rings. The van der Waals surface area contributed by atoms with Gasteiger partial charge in [-0.15, -0.1) is 0 Å². The fourth-order valence-corrected chi connectivity index (χ4v) is 4.38. The van der Waals surface area contributed by atoms with Crippen LogP contribution in [0.4, 0.5) is 5.82 Å². The molecule has 4 aromatic rings. The lowest BCUT2D eigenvalue weighted by molar-refractivity contribution is -0.118. The van der Waals surface area contributed by atoms with Gasteiger partial charge in [0.2, 0.25) is 5.91 Å². The van der Waals surface area contributed by atoms with E-state index >= 15 is 0 Å². The van der Waals surface area contributed by atoms with Crippen LogP contribution in [0.15, 0.2) is 79.1 Å². The van der Waals surface area contributed by atoms with Gasteiger partial charge in [0.15, 0.2) is 0 Å². The number of hydrogen-bond donors (Lipinski definition) is 2. The Labute approximate surface area is 191 Å². The number of hydrogen-bond acceptors (Lipinski definition) is 4. The molecule has 0 saturated heterocycles. The van der Waals surface area contributed by atoms with Crippen molar-refractivity contribution in [1.29, 1.82) is 0 Å². The molecule has 0 aliphatic carbocycles. The molecular formula is C26H23N5O2. The maximum Gasteiger partial charge on any atom is 0.251 e. The number of para-hydroxylation sites is 1. The molecule has 5 rings (SSSR count). The number of aryl methyl sites for hydroxylation is 2. The Hall–Kier alpha value is -4.26. The predicted molar refractivity (Wildman–Crippen MR) is 125 cm³/mol. The molecule has 2 aromatic carbocycles. The topological polar surface area (TPSA) is 88.9 Å². The van der Waals surface area contributed by atoms with Crippen LogP contribution in [0.5, 0.6) is 0 Å². The largest absolute Gasteiger partial charge is 0.339 e. The number of fused-ring (bicyclic) bond motifs is 1. The zero-order valence-electron chi connectivity index (χ0n) is 18.3. The molecule has 2 N–H and O–H groups in total. The fourth-order valence-electron chi connectivity index (χ4n) is 4.38. The van der Waals surface area contributed by atoms with E-state index in [1.165, 1.54) is 0 Å². The van der Waals surface area contributed by atoms with Crippen LogP contribution in [-0.2, 0) is 4.79 Å². The third-order valence-electron chi connectivity index (χ3n) is 5.89. The van der Waals surface area contributed by atoms with Gasteiger partial charge in [0.05, 0.1) is 11.4 Å². The molecule has 3 heterocycles. The summed E-state index contributed by atoms with van der Waals surface area (Å²) in [5.74, 6) is -0.425. The van der Waals surface area contributed by atoms with Gasteiger partial charge in [-0.25, -0.2) is 4.68 Å². The fraction of sp³-hybridized carbons (Fsp3) is 0.154. The van der Waals surface area contributed by atoms with Gasteiger partial charge < -0.3 is 10.6 Å². The van der Waals surface area contributed by atoms with E-state index in [0.717, 1.165) is 28.1 Å². The van der Waals surface area contributed by atoms with Gasteiger partial charge in [0.1, 0.15) is 11.9 Å². The van der Waals surface area contributed by atoms with Crippen molar-refractivity contribution in [1.82, 2.24) is 20.1 Å². The van der Waals surface area contributed by atoms with Gasteiger partial charge in [0, 0.05) is 29.4 Å². The molecule has 164 valence electrons. The molecule has 0 radical (unpaired) electrons. The zero-order valence-corrected chi connectivity index (χ0v) is 18.3. The van der Waals surface area contributed by atoms with Crippen molar-refractivity contribution in [2.75, 3.05) is 5.32 Å². The number of carbonyl (C=O) groups excluding carboxylic acids is 2. The summed E-state index contributed by atoms with van der Waals surface area (Å²) in [7, 11) is 0. The maximum absolute atomic E-state index is 13.4. The van der Waals surface area contributed by atoms with E-state index in [1.807, 2.05) is 68.4 Å². The first kappa shape index (κ1) is 20.6. The second kappa shape index (κ2) is 8.35. The van der Waals surface area contributed by atoms with Gasteiger partial charge in [-0.1, -0.05) is 42.0 Å². The average Bonchev–Trinajstić information content (AvgIpc) is 3.16. The molecule has 0 bridgehead atoms. The summed E-state index contributed by atoms with van der Waals surface area (Å²) in [6, 6.07) is 19.9. The molecule has 2 amide bonds. The molecule has 7 nitrogen and oxygen atoms in total. The Kier molecular flexibility index (Phi) is 5.22. The summed E-state index contributed by atoms with van der Waals surface area (Å²) in [5.41, 5.74) is 4.80. The number of pyridine rings is 1. The second-order valence-electron chi connectivity index (χ2n) is 8.17. The van der Waals surface area contributed by atoms with Crippen molar-refractivity contribution in [3.63, 3.8) is 0 Å². The maximum atomic E-state index is 13.4. The van der Waals surface area contributed by atoms with E-state index in [9.17, 15) is 9.59 Å². The van der Waals surface area contributed by atoms with Crippen molar-refractivity contribution in [2.24, 2.45) is 0 Å². The summed E-state index contributed by atoms with van der Waals surface area (Å²) >= 11 is 0. The number of rotatable bonds is 4. The van der Waals surface area contributed by atoms with Crippen molar-refractivity contribution in [2.45, 2.75) is 25.8 Å². The molecule has 7 heteroatoms. The summed E-state index contributed by atoms with van der Waals surface area (Å²) in [6.07, 6.45) is 3.42. The van der Waals surface area contributed by atoms with E-state index < -0.39 is 12.0 Å². The van der Waals surface area contributed by atoms with Gasteiger partial charge in [-0.05, 0) is 49.7 Å². The molecule has 33 heavy (non-hydrogen) atoms. The first-order valence-electron chi connectivity index (χ1n) is 10.8. The number of carbonyl (C=O) groups is 2. The highest BCUT2D eigenvalue weighted by molar-refractivity contribution is 6.04. The summed E-state index contributed by atoms with van der Waals surface area (Å²) in [5, 5.41) is 10.7.